The van der Waals surface area contributed by atoms with E-state index < -0.39 is 0 Å². The predicted molar refractivity (Wildman–Crippen MR) is 157 cm³/mol. The van der Waals surface area contributed by atoms with E-state index in [0.29, 0.717) is 25.4 Å². The van der Waals surface area contributed by atoms with Crippen molar-refractivity contribution in [3.63, 3.8) is 0 Å². The Morgan fingerprint density at radius 1 is 1.23 bits per heavy atom. The fourth-order valence-electron chi connectivity index (χ4n) is 5.67. The number of carbonyl (C=O) groups is 1. The number of amides is 1. The van der Waals surface area contributed by atoms with Crippen molar-refractivity contribution < 1.29 is 14.7 Å². The summed E-state index contributed by atoms with van der Waals surface area (Å²) in [5, 5.41) is 15.1. The maximum Gasteiger partial charge on any atom is 0.226 e. The highest BCUT2D eigenvalue weighted by molar-refractivity contribution is 5.81. The van der Waals surface area contributed by atoms with Crippen molar-refractivity contribution >= 4 is 23.9 Å². The lowest BCUT2D eigenvalue weighted by Crippen LogP contribution is -2.48. The Hall–Kier alpha value is -3.13. The van der Waals surface area contributed by atoms with Crippen LogP contribution in [0.1, 0.15) is 70.8 Å². The minimum atomic E-state index is 0.0319. The molecule has 2 aliphatic heterocycles. The number of ether oxygens (including phenoxy) is 1. The molecule has 8 heteroatoms. The molecule has 39 heavy (non-hydrogen) atoms. The van der Waals surface area contributed by atoms with Crippen LogP contribution >= 0.6 is 0 Å². The molecule has 1 aromatic carbocycles. The number of allylic oxidation sites excluding steroid dienone is 3. The van der Waals surface area contributed by atoms with Gasteiger partial charge >= 0.3 is 0 Å². The van der Waals surface area contributed by atoms with Gasteiger partial charge in [0.2, 0.25) is 5.91 Å². The highest BCUT2D eigenvalue weighted by Crippen LogP contribution is 2.32. The first-order chi connectivity index (χ1) is 19.1. The summed E-state index contributed by atoms with van der Waals surface area (Å²) in [4.78, 5) is 21.9. The summed E-state index contributed by atoms with van der Waals surface area (Å²) in [6, 6.07) is 8.44. The van der Waals surface area contributed by atoms with Gasteiger partial charge in [-0.2, -0.15) is 0 Å². The third kappa shape index (κ3) is 8.18. The van der Waals surface area contributed by atoms with Crippen molar-refractivity contribution in [2.24, 2.45) is 22.0 Å². The number of aliphatic imine (C=N–C) groups is 1. The van der Waals surface area contributed by atoms with Crippen LogP contribution in [-0.4, -0.2) is 72.4 Å². The van der Waals surface area contributed by atoms with Crippen molar-refractivity contribution in [3.05, 3.63) is 47.7 Å². The minimum absolute atomic E-state index is 0.0319. The van der Waals surface area contributed by atoms with Gasteiger partial charge in [-0.25, -0.2) is 0 Å². The largest absolute Gasteiger partial charge is 0.493 e. The Kier molecular flexibility index (Phi) is 11.0. The van der Waals surface area contributed by atoms with E-state index in [0.717, 1.165) is 70.4 Å². The number of piperidine rings is 1. The van der Waals surface area contributed by atoms with Gasteiger partial charge in [0.1, 0.15) is 5.75 Å². The van der Waals surface area contributed by atoms with Gasteiger partial charge in [0, 0.05) is 57.1 Å². The Morgan fingerprint density at radius 3 is 2.64 bits per heavy atom. The second kappa shape index (κ2) is 14.9. The van der Waals surface area contributed by atoms with Crippen LogP contribution in [0.25, 0.3) is 5.57 Å². The van der Waals surface area contributed by atoms with Gasteiger partial charge in [-0.05, 0) is 80.2 Å². The van der Waals surface area contributed by atoms with Crippen LogP contribution in [0.4, 0.5) is 0 Å². The summed E-state index contributed by atoms with van der Waals surface area (Å²) in [7, 11) is 0. The number of nitrogens with zero attached hydrogens (tertiary/aromatic N) is 4. The first kappa shape index (κ1) is 28.9. The summed E-state index contributed by atoms with van der Waals surface area (Å²) in [6.45, 7) is 8.27. The topological polar surface area (TPSA) is 89.8 Å². The Balaban J connectivity index is 1.19. The molecular weight excluding hydrogens is 490 g/mol. The van der Waals surface area contributed by atoms with E-state index in [1.165, 1.54) is 22.9 Å². The molecule has 1 saturated heterocycles. The summed E-state index contributed by atoms with van der Waals surface area (Å²) >= 11 is 0. The van der Waals surface area contributed by atoms with Gasteiger partial charge in [-0.3, -0.25) is 14.7 Å². The first-order valence-electron chi connectivity index (χ1n) is 14.7. The summed E-state index contributed by atoms with van der Waals surface area (Å²) in [6.07, 6.45) is 15.5. The lowest BCUT2D eigenvalue weighted by atomic mass is 9.85. The molecule has 0 saturated carbocycles. The van der Waals surface area contributed by atoms with Crippen molar-refractivity contribution in [1.29, 1.82) is 0 Å². The van der Waals surface area contributed by atoms with Crippen LogP contribution in [0.5, 0.6) is 5.75 Å². The third-order valence-corrected chi connectivity index (χ3v) is 8.11. The van der Waals surface area contributed by atoms with Crippen molar-refractivity contribution in [2.75, 3.05) is 32.8 Å². The summed E-state index contributed by atoms with van der Waals surface area (Å²) in [5.41, 5.74) is 3.80. The molecule has 8 nitrogen and oxygen atoms in total. The number of rotatable bonds is 12. The molecule has 1 aromatic rings. The molecule has 0 radical (unpaired) electrons. The maximum atomic E-state index is 12.9. The molecule has 4 rings (SSSR count). The van der Waals surface area contributed by atoms with Gasteiger partial charge < -0.3 is 20.2 Å². The van der Waals surface area contributed by atoms with Gasteiger partial charge in [-0.15, -0.1) is 5.16 Å². The minimum Gasteiger partial charge on any atom is -0.493 e. The quantitative estimate of drug-likeness (QED) is 0.215. The van der Waals surface area contributed by atoms with E-state index in [2.05, 4.69) is 58.8 Å². The lowest BCUT2D eigenvalue weighted by Gasteiger charge is -2.36. The molecule has 1 aliphatic carbocycles. The van der Waals surface area contributed by atoms with Gasteiger partial charge in [0.05, 0.1) is 6.61 Å². The molecule has 3 aliphatic rings. The fraction of sp³-hybridized carbons (Fsp3) is 0.581. The molecule has 0 bridgehead atoms. The van der Waals surface area contributed by atoms with Crippen LogP contribution in [-0.2, 0) is 4.79 Å². The van der Waals surface area contributed by atoms with Crippen molar-refractivity contribution in [1.82, 2.24) is 15.1 Å². The van der Waals surface area contributed by atoms with Gasteiger partial charge in [-0.1, -0.05) is 31.6 Å². The molecule has 1 amide bonds. The van der Waals surface area contributed by atoms with Crippen molar-refractivity contribution in [3.8, 4) is 5.75 Å². The van der Waals surface area contributed by atoms with E-state index in [4.69, 9.17) is 14.9 Å². The number of hydrogen-bond donors (Lipinski definition) is 2. The molecule has 0 aromatic heterocycles. The lowest BCUT2D eigenvalue weighted by molar-refractivity contribution is -0.135. The van der Waals surface area contributed by atoms with E-state index in [1.54, 1.807) is 0 Å². The number of likely N-dealkylation sites (tertiary alicyclic amines) is 1. The van der Waals surface area contributed by atoms with Crippen LogP contribution in [0.2, 0.25) is 0 Å². The van der Waals surface area contributed by atoms with Crippen LogP contribution in [0, 0.1) is 11.8 Å². The number of oxime groups is 1. The fourth-order valence-corrected chi connectivity index (χ4v) is 5.67. The van der Waals surface area contributed by atoms with Crippen LogP contribution in [0.15, 0.2) is 52.3 Å². The zero-order valence-electron chi connectivity index (χ0n) is 23.6. The Bertz CT molecular complexity index is 1040. The van der Waals surface area contributed by atoms with E-state index in [9.17, 15) is 4.79 Å². The molecule has 2 N–H and O–H groups in total. The van der Waals surface area contributed by atoms with E-state index in [-0.39, 0.29) is 18.1 Å². The highest BCUT2D eigenvalue weighted by Gasteiger charge is 2.27. The standard InChI is InChI=1S/C31H45N5O3/c1-3-6-25-21-32-31(33-22-25)36-19-15-24(16-20-36)23-39-29-13-11-27(12-14-29)26-7-9-28(10-8-26)30(37)35(4-2)18-5-17-34-38/h7,11-14,17,21-22,24,28,31-32,38H,3-6,8-10,15-16,18-20,23H2,1-2H3/b34-17+. The molecule has 2 heterocycles. The maximum absolute atomic E-state index is 12.9. The smallest absolute Gasteiger partial charge is 0.226 e. The SMILES string of the molecule is CCCC1=CNC(N2CCC(COc3ccc(C4=CCC(C(=O)N(CC)CC/C=N/O)CC4)cc3)CC2)N=C1. The summed E-state index contributed by atoms with van der Waals surface area (Å²) in [5.74, 6) is 1.72. The zero-order chi connectivity index (χ0) is 27.5. The third-order valence-electron chi connectivity index (χ3n) is 8.11. The molecule has 2 unspecified atom stereocenters. The predicted octanol–water partition coefficient (Wildman–Crippen LogP) is 5.30. The Labute approximate surface area is 233 Å². The van der Waals surface area contributed by atoms with Crippen molar-refractivity contribution in [2.45, 2.75) is 71.5 Å². The van der Waals surface area contributed by atoms with E-state index >= 15 is 0 Å². The van der Waals surface area contributed by atoms with Crippen LogP contribution in [0.3, 0.4) is 0 Å². The van der Waals surface area contributed by atoms with Crippen LogP contribution < -0.4 is 10.1 Å². The first-order valence-corrected chi connectivity index (χ1v) is 14.7. The molecule has 1 fully saturated rings. The molecule has 212 valence electrons. The van der Waals surface area contributed by atoms with Gasteiger partial charge in [0.15, 0.2) is 6.29 Å². The normalized spacial score (nSPS) is 22.3. The monoisotopic (exact) mass is 535 g/mol. The van der Waals surface area contributed by atoms with E-state index in [1.807, 2.05) is 18.0 Å². The summed E-state index contributed by atoms with van der Waals surface area (Å²) < 4.78 is 6.17. The number of benzene rings is 1. The zero-order valence-corrected chi connectivity index (χ0v) is 23.6. The van der Waals surface area contributed by atoms with Gasteiger partial charge in [0.25, 0.3) is 0 Å². The second-order valence-corrected chi connectivity index (χ2v) is 10.8. The second-order valence-electron chi connectivity index (χ2n) is 10.8. The highest BCUT2D eigenvalue weighted by atomic mass is 16.5. The molecular formula is C31H45N5O3. The number of carbonyl (C=O) groups excluding carboxylic acids is 1. The number of nitrogens with one attached hydrogen (secondary N) is 1. The Morgan fingerprint density at radius 2 is 2.03 bits per heavy atom. The number of hydrogen-bond acceptors (Lipinski definition) is 7. The average molecular weight is 536 g/mol. The molecule has 0 spiro atoms. The average Bonchev–Trinajstić information content (AvgIpc) is 2.99. The molecule has 2 atom stereocenters.